The highest BCUT2D eigenvalue weighted by Gasteiger charge is 2.21. The topological polar surface area (TPSA) is 161 Å². The van der Waals surface area contributed by atoms with E-state index in [9.17, 15) is 19.5 Å². The SMILES string of the molecule is CC(C)CNC(=O)c1ccc(-c2ccc(-c3cc[nH]c3)cc2C(=O)Nc2ccc(C(=N)N)cc2)c(C(=O)O)c1. The number of amides is 2. The second kappa shape index (κ2) is 11.5. The van der Waals surface area contributed by atoms with Gasteiger partial charge >= 0.3 is 5.97 Å². The van der Waals surface area contributed by atoms with E-state index in [1.54, 1.807) is 60.9 Å². The maximum Gasteiger partial charge on any atom is 0.336 e. The number of hydrogen-bond acceptors (Lipinski definition) is 4. The van der Waals surface area contributed by atoms with Gasteiger partial charge in [0.05, 0.1) is 5.56 Å². The molecule has 4 rings (SSSR count). The summed E-state index contributed by atoms with van der Waals surface area (Å²) in [6.45, 7) is 4.39. The molecule has 4 aromatic rings. The van der Waals surface area contributed by atoms with Crippen LogP contribution >= 0.6 is 0 Å². The van der Waals surface area contributed by atoms with Gasteiger partial charge in [0.2, 0.25) is 0 Å². The molecule has 0 atom stereocenters. The van der Waals surface area contributed by atoms with Crippen LogP contribution in [0.25, 0.3) is 22.3 Å². The highest BCUT2D eigenvalue weighted by molar-refractivity contribution is 6.11. The van der Waals surface area contributed by atoms with Crippen LogP contribution < -0.4 is 16.4 Å². The number of hydrogen-bond donors (Lipinski definition) is 6. The highest BCUT2D eigenvalue weighted by atomic mass is 16.4. The van der Waals surface area contributed by atoms with Crippen LogP contribution in [-0.2, 0) is 0 Å². The quantitative estimate of drug-likeness (QED) is 0.135. The molecule has 0 saturated carbocycles. The summed E-state index contributed by atoms with van der Waals surface area (Å²) in [5, 5.41) is 23.2. The van der Waals surface area contributed by atoms with E-state index in [-0.39, 0.29) is 34.4 Å². The number of anilines is 1. The van der Waals surface area contributed by atoms with Crippen molar-refractivity contribution in [2.24, 2.45) is 11.7 Å². The summed E-state index contributed by atoms with van der Waals surface area (Å²) in [6.07, 6.45) is 3.57. The molecule has 39 heavy (non-hydrogen) atoms. The van der Waals surface area contributed by atoms with E-state index in [1.807, 2.05) is 26.0 Å². The molecule has 0 aliphatic carbocycles. The Labute approximate surface area is 225 Å². The number of aromatic carboxylic acids is 1. The molecule has 0 fully saturated rings. The van der Waals surface area contributed by atoms with Gasteiger partial charge in [0.15, 0.2) is 0 Å². The molecule has 0 saturated heterocycles. The fraction of sp³-hybridized carbons (Fsp3) is 0.133. The number of aromatic amines is 1. The van der Waals surface area contributed by atoms with Gasteiger partial charge < -0.3 is 26.5 Å². The Morgan fingerprint density at radius 1 is 0.872 bits per heavy atom. The number of nitrogen functional groups attached to an aromatic ring is 1. The molecular formula is C30H29N5O4. The van der Waals surface area contributed by atoms with Gasteiger partial charge in [0.25, 0.3) is 11.8 Å². The first-order valence-corrected chi connectivity index (χ1v) is 12.3. The Morgan fingerprint density at radius 3 is 2.15 bits per heavy atom. The maximum absolute atomic E-state index is 13.6. The Kier molecular flexibility index (Phi) is 7.90. The van der Waals surface area contributed by atoms with Crippen LogP contribution in [-0.4, -0.2) is 40.3 Å². The summed E-state index contributed by atoms with van der Waals surface area (Å²) >= 11 is 0. The average Bonchev–Trinajstić information content (AvgIpc) is 3.46. The van der Waals surface area contributed by atoms with E-state index in [2.05, 4.69) is 15.6 Å². The lowest BCUT2D eigenvalue weighted by Gasteiger charge is -2.15. The number of carbonyl (C=O) groups is 3. The molecule has 1 heterocycles. The van der Waals surface area contributed by atoms with Gasteiger partial charge in [0, 0.05) is 41.3 Å². The summed E-state index contributed by atoms with van der Waals surface area (Å²) in [7, 11) is 0. The average molecular weight is 524 g/mol. The Bertz CT molecular complexity index is 1540. The van der Waals surface area contributed by atoms with E-state index in [0.717, 1.165) is 11.1 Å². The molecule has 0 aliphatic rings. The van der Waals surface area contributed by atoms with Crippen LogP contribution in [0.4, 0.5) is 5.69 Å². The Morgan fingerprint density at radius 2 is 1.54 bits per heavy atom. The van der Waals surface area contributed by atoms with E-state index in [4.69, 9.17) is 11.1 Å². The third kappa shape index (κ3) is 6.22. The molecule has 9 heteroatoms. The smallest absolute Gasteiger partial charge is 0.336 e. The maximum atomic E-state index is 13.6. The van der Waals surface area contributed by atoms with Gasteiger partial charge in [0.1, 0.15) is 5.84 Å². The number of carbonyl (C=O) groups excluding carboxylic acids is 2. The summed E-state index contributed by atoms with van der Waals surface area (Å²) < 4.78 is 0. The fourth-order valence-corrected chi connectivity index (χ4v) is 4.08. The van der Waals surface area contributed by atoms with Crippen LogP contribution in [0.2, 0.25) is 0 Å². The van der Waals surface area contributed by atoms with Crippen LogP contribution in [0.3, 0.4) is 0 Å². The number of nitrogens with two attached hydrogens (primary N) is 1. The van der Waals surface area contributed by atoms with Crippen molar-refractivity contribution < 1.29 is 19.5 Å². The third-order valence-electron chi connectivity index (χ3n) is 6.12. The Balaban J connectivity index is 1.77. The van der Waals surface area contributed by atoms with Gasteiger partial charge in [-0.05, 0) is 76.7 Å². The molecule has 198 valence electrons. The molecule has 1 aromatic heterocycles. The predicted molar refractivity (Wildman–Crippen MR) is 151 cm³/mol. The van der Waals surface area contributed by atoms with Crippen molar-refractivity contribution in [3.8, 4) is 22.3 Å². The number of H-pyrrole nitrogens is 1. The molecule has 0 bridgehead atoms. The summed E-state index contributed by atoms with van der Waals surface area (Å²) in [4.78, 5) is 41.4. The molecule has 2 amide bonds. The van der Waals surface area contributed by atoms with Crippen molar-refractivity contribution in [1.82, 2.24) is 10.3 Å². The third-order valence-corrected chi connectivity index (χ3v) is 6.12. The number of benzene rings is 3. The van der Waals surface area contributed by atoms with Gasteiger partial charge in [-0.15, -0.1) is 0 Å². The van der Waals surface area contributed by atoms with Crippen molar-refractivity contribution in [2.45, 2.75) is 13.8 Å². The summed E-state index contributed by atoms with van der Waals surface area (Å²) in [5.74, 6) is -1.88. The molecule has 0 radical (unpaired) electrons. The first kappa shape index (κ1) is 26.9. The summed E-state index contributed by atoms with van der Waals surface area (Å²) in [5.41, 5.74) is 9.23. The van der Waals surface area contributed by atoms with Gasteiger partial charge in [-0.3, -0.25) is 15.0 Å². The normalized spacial score (nSPS) is 10.7. The van der Waals surface area contributed by atoms with E-state index in [1.165, 1.54) is 6.07 Å². The van der Waals surface area contributed by atoms with E-state index >= 15 is 0 Å². The van der Waals surface area contributed by atoms with Crippen molar-refractivity contribution in [3.63, 3.8) is 0 Å². The second-order valence-electron chi connectivity index (χ2n) is 9.47. The van der Waals surface area contributed by atoms with Gasteiger partial charge in [-0.2, -0.15) is 0 Å². The minimum Gasteiger partial charge on any atom is -0.478 e. The molecular weight excluding hydrogens is 494 g/mol. The van der Waals surface area contributed by atoms with Crippen molar-refractivity contribution in [3.05, 3.63) is 101 Å². The first-order chi connectivity index (χ1) is 18.6. The fourth-order valence-electron chi connectivity index (χ4n) is 4.08. The zero-order valence-electron chi connectivity index (χ0n) is 21.5. The lowest BCUT2D eigenvalue weighted by molar-refractivity contribution is 0.0697. The minimum absolute atomic E-state index is 0.0862. The highest BCUT2D eigenvalue weighted by Crippen LogP contribution is 2.32. The molecule has 3 aromatic carbocycles. The zero-order valence-corrected chi connectivity index (χ0v) is 21.5. The summed E-state index contributed by atoms with van der Waals surface area (Å²) in [6, 6.07) is 18.0. The largest absolute Gasteiger partial charge is 0.478 e. The lowest BCUT2D eigenvalue weighted by Crippen LogP contribution is -2.27. The van der Waals surface area contributed by atoms with Crippen LogP contribution in [0, 0.1) is 11.3 Å². The van der Waals surface area contributed by atoms with Crippen molar-refractivity contribution >= 4 is 29.3 Å². The number of aromatic nitrogens is 1. The lowest BCUT2D eigenvalue weighted by atomic mass is 9.91. The van der Waals surface area contributed by atoms with Crippen LogP contribution in [0.5, 0.6) is 0 Å². The van der Waals surface area contributed by atoms with E-state index in [0.29, 0.717) is 28.9 Å². The first-order valence-electron chi connectivity index (χ1n) is 12.3. The number of carboxylic acid groups (broad SMARTS) is 1. The zero-order chi connectivity index (χ0) is 28.1. The number of rotatable bonds is 9. The molecule has 9 nitrogen and oxygen atoms in total. The van der Waals surface area contributed by atoms with Gasteiger partial charge in [-0.25, -0.2) is 4.79 Å². The number of amidine groups is 1. The van der Waals surface area contributed by atoms with E-state index < -0.39 is 11.9 Å². The number of nitrogens with one attached hydrogen (secondary N) is 4. The van der Waals surface area contributed by atoms with Crippen LogP contribution in [0.15, 0.2) is 79.1 Å². The molecule has 0 unspecified atom stereocenters. The predicted octanol–water partition coefficient (Wildman–Crippen LogP) is 4.97. The number of carboxylic acids is 1. The molecule has 0 aliphatic heterocycles. The second-order valence-corrected chi connectivity index (χ2v) is 9.47. The van der Waals surface area contributed by atoms with Crippen molar-refractivity contribution in [1.29, 1.82) is 5.41 Å². The monoisotopic (exact) mass is 523 g/mol. The Hall–Kier alpha value is -5.18. The molecule has 7 N–H and O–H groups in total. The van der Waals surface area contributed by atoms with Gasteiger partial charge in [-0.1, -0.05) is 32.0 Å². The standard InChI is InChI=1S/C30H29N5O4/c1-17(2)15-34-28(36)20-6-10-24(26(14-20)30(38)39)23-9-5-19(21-11-12-33-16-21)13-25(23)29(37)35-22-7-3-18(4-8-22)27(31)32/h3-14,16-17,33H,15H2,1-2H3,(H3,31,32)(H,34,36)(H,35,37)(H,38,39). The minimum atomic E-state index is -1.22. The van der Waals surface area contributed by atoms with Crippen molar-refractivity contribution in [2.75, 3.05) is 11.9 Å². The molecule has 0 spiro atoms. The van der Waals surface area contributed by atoms with Crippen LogP contribution in [0.1, 0.15) is 50.5 Å².